The predicted octanol–water partition coefficient (Wildman–Crippen LogP) is 2.04. The third-order valence-corrected chi connectivity index (χ3v) is 5.17. The number of nitrogens with one attached hydrogen (secondary N) is 2. The maximum atomic E-state index is 12.1. The summed E-state index contributed by atoms with van der Waals surface area (Å²) < 4.78 is 0. The Morgan fingerprint density at radius 1 is 1.25 bits per heavy atom. The molecule has 0 bridgehead atoms. The summed E-state index contributed by atoms with van der Waals surface area (Å²) >= 11 is 0. The van der Waals surface area contributed by atoms with Gasteiger partial charge in [0, 0.05) is 31.9 Å². The number of hydrogen-bond donors (Lipinski definition) is 3. The highest BCUT2D eigenvalue weighted by atomic mass is 16.3. The zero-order valence-electron chi connectivity index (χ0n) is 14.2. The van der Waals surface area contributed by atoms with Crippen molar-refractivity contribution in [1.29, 1.82) is 0 Å². The molecule has 1 saturated heterocycles. The minimum absolute atomic E-state index is 0.162. The number of aromatic nitrogens is 1. The van der Waals surface area contributed by atoms with Gasteiger partial charge in [0.1, 0.15) is 5.82 Å². The van der Waals surface area contributed by atoms with Gasteiger partial charge in [-0.2, -0.15) is 0 Å². The van der Waals surface area contributed by atoms with Crippen LogP contribution in [0.5, 0.6) is 0 Å². The van der Waals surface area contributed by atoms with Gasteiger partial charge in [0.25, 0.3) is 0 Å². The second-order valence-corrected chi connectivity index (χ2v) is 7.06. The molecule has 2 fully saturated rings. The van der Waals surface area contributed by atoms with Gasteiger partial charge in [-0.05, 0) is 37.8 Å². The molecular weight excluding hydrogens is 304 g/mol. The third kappa shape index (κ3) is 4.60. The first-order valence-electron chi connectivity index (χ1n) is 9.07. The summed E-state index contributed by atoms with van der Waals surface area (Å²) in [5, 5.41) is 16.3. The average molecular weight is 332 g/mol. The normalized spacial score (nSPS) is 21.3. The molecular formula is C18H28N4O2. The van der Waals surface area contributed by atoms with Crippen LogP contribution in [-0.4, -0.2) is 47.4 Å². The number of hydrogen-bond acceptors (Lipinski definition) is 4. The molecule has 1 aliphatic heterocycles. The van der Waals surface area contributed by atoms with Gasteiger partial charge < -0.3 is 20.6 Å². The Morgan fingerprint density at radius 2 is 2.00 bits per heavy atom. The Balaban J connectivity index is 1.38. The number of aliphatic hydroxyl groups is 1. The van der Waals surface area contributed by atoms with Crippen LogP contribution in [0.4, 0.5) is 10.6 Å². The van der Waals surface area contributed by atoms with E-state index in [9.17, 15) is 9.90 Å². The van der Waals surface area contributed by atoms with Crippen molar-refractivity contribution in [2.75, 3.05) is 24.5 Å². The van der Waals surface area contributed by atoms with Crippen LogP contribution in [0.3, 0.4) is 0 Å². The molecule has 3 rings (SSSR count). The molecule has 24 heavy (non-hydrogen) atoms. The van der Waals surface area contributed by atoms with Crippen LogP contribution in [-0.2, 0) is 0 Å². The molecule has 1 saturated carbocycles. The first-order chi connectivity index (χ1) is 11.6. The van der Waals surface area contributed by atoms with E-state index < -0.39 is 5.60 Å². The molecule has 0 radical (unpaired) electrons. The van der Waals surface area contributed by atoms with Crippen molar-refractivity contribution in [3.05, 3.63) is 24.4 Å². The lowest BCUT2D eigenvalue weighted by Gasteiger charge is -2.34. The summed E-state index contributed by atoms with van der Waals surface area (Å²) in [6, 6.07) is 5.96. The predicted molar refractivity (Wildman–Crippen MR) is 94.0 cm³/mol. The first kappa shape index (κ1) is 17.0. The van der Waals surface area contributed by atoms with E-state index in [4.69, 9.17) is 0 Å². The van der Waals surface area contributed by atoms with Crippen molar-refractivity contribution < 1.29 is 9.90 Å². The van der Waals surface area contributed by atoms with Crippen LogP contribution in [0.15, 0.2) is 24.4 Å². The lowest BCUT2D eigenvalue weighted by atomic mass is 9.85. The third-order valence-electron chi connectivity index (χ3n) is 5.17. The number of rotatable bonds is 4. The van der Waals surface area contributed by atoms with E-state index in [0.717, 1.165) is 57.4 Å². The molecule has 0 aromatic carbocycles. The van der Waals surface area contributed by atoms with Crippen LogP contribution < -0.4 is 15.5 Å². The first-order valence-corrected chi connectivity index (χ1v) is 9.07. The van der Waals surface area contributed by atoms with E-state index in [1.54, 1.807) is 0 Å². The molecule has 1 aromatic rings. The molecule has 1 aliphatic carbocycles. The number of urea groups is 1. The second-order valence-electron chi connectivity index (χ2n) is 7.06. The fraction of sp³-hybridized carbons (Fsp3) is 0.667. The SMILES string of the molecule is O=C(NCC1(O)CCCCC1)NC1CCN(c2ccccn2)CC1. The minimum atomic E-state index is -0.710. The molecule has 2 aliphatic rings. The molecule has 0 spiro atoms. The highest BCUT2D eigenvalue weighted by Crippen LogP contribution is 2.27. The number of nitrogens with zero attached hydrogens (tertiary/aromatic N) is 2. The Hall–Kier alpha value is -1.82. The van der Waals surface area contributed by atoms with E-state index >= 15 is 0 Å². The number of piperidine rings is 1. The topological polar surface area (TPSA) is 77.5 Å². The molecule has 2 amide bonds. The van der Waals surface area contributed by atoms with Crippen LogP contribution in [0, 0.1) is 0 Å². The van der Waals surface area contributed by atoms with Crippen molar-refractivity contribution in [2.45, 2.75) is 56.6 Å². The Kier molecular flexibility index (Phi) is 5.56. The Morgan fingerprint density at radius 3 is 2.67 bits per heavy atom. The summed E-state index contributed by atoms with van der Waals surface area (Å²) in [6.45, 7) is 2.14. The van der Waals surface area contributed by atoms with Crippen molar-refractivity contribution in [1.82, 2.24) is 15.6 Å². The van der Waals surface area contributed by atoms with Gasteiger partial charge in [-0.25, -0.2) is 9.78 Å². The van der Waals surface area contributed by atoms with Gasteiger partial charge in [0.05, 0.1) is 5.60 Å². The highest BCUT2D eigenvalue weighted by molar-refractivity contribution is 5.74. The number of pyridine rings is 1. The van der Waals surface area contributed by atoms with E-state index in [1.807, 2.05) is 24.4 Å². The lowest BCUT2D eigenvalue weighted by Crippen LogP contribution is -2.51. The highest BCUT2D eigenvalue weighted by Gasteiger charge is 2.30. The second kappa shape index (κ2) is 7.83. The summed E-state index contributed by atoms with van der Waals surface area (Å²) in [7, 11) is 0. The Labute approximate surface area is 143 Å². The average Bonchev–Trinajstić information content (AvgIpc) is 2.62. The smallest absolute Gasteiger partial charge is 0.315 e. The molecule has 0 unspecified atom stereocenters. The van der Waals surface area contributed by atoms with E-state index in [1.165, 1.54) is 6.42 Å². The number of anilines is 1. The molecule has 2 heterocycles. The number of carbonyl (C=O) groups is 1. The lowest BCUT2D eigenvalue weighted by molar-refractivity contribution is 0.00710. The summed E-state index contributed by atoms with van der Waals surface area (Å²) in [4.78, 5) is 18.7. The standard InChI is InChI=1S/C18H28N4O2/c23-17(20-14-18(24)9-3-1-4-10-18)21-15-7-12-22(13-8-15)16-6-2-5-11-19-16/h2,5-6,11,15,24H,1,3-4,7-10,12-14H2,(H2,20,21,23). The van der Waals surface area contributed by atoms with Crippen LogP contribution in [0.25, 0.3) is 0 Å². The zero-order valence-corrected chi connectivity index (χ0v) is 14.2. The van der Waals surface area contributed by atoms with Gasteiger partial charge >= 0.3 is 6.03 Å². The molecule has 6 heteroatoms. The molecule has 3 N–H and O–H groups in total. The van der Waals surface area contributed by atoms with Gasteiger partial charge in [-0.1, -0.05) is 25.3 Å². The van der Waals surface area contributed by atoms with Crippen LogP contribution in [0.1, 0.15) is 44.9 Å². The molecule has 132 valence electrons. The summed E-state index contributed by atoms with van der Waals surface area (Å²) in [5.74, 6) is 1.000. The van der Waals surface area contributed by atoms with Crippen molar-refractivity contribution in [3.8, 4) is 0 Å². The van der Waals surface area contributed by atoms with Gasteiger partial charge in [-0.3, -0.25) is 0 Å². The minimum Gasteiger partial charge on any atom is -0.388 e. The number of carbonyl (C=O) groups excluding carboxylic acids is 1. The molecule has 6 nitrogen and oxygen atoms in total. The summed E-state index contributed by atoms with van der Waals surface area (Å²) in [6.07, 6.45) is 8.48. The monoisotopic (exact) mass is 332 g/mol. The summed E-state index contributed by atoms with van der Waals surface area (Å²) in [5.41, 5.74) is -0.710. The van der Waals surface area contributed by atoms with Gasteiger partial charge in [0.2, 0.25) is 0 Å². The maximum absolute atomic E-state index is 12.1. The fourth-order valence-corrected chi connectivity index (χ4v) is 3.66. The Bertz CT molecular complexity index is 523. The maximum Gasteiger partial charge on any atom is 0.315 e. The van der Waals surface area contributed by atoms with E-state index in [-0.39, 0.29) is 12.1 Å². The quantitative estimate of drug-likeness (QED) is 0.788. The largest absolute Gasteiger partial charge is 0.388 e. The van der Waals surface area contributed by atoms with E-state index in [0.29, 0.717) is 6.54 Å². The fourth-order valence-electron chi connectivity index (χ4n) is 3.66. The van der Waals surface area contributed by atoms with E-state index in [2.05, 4.69) is 20.5 Å². The van der Waals surface area contributed by atoms with Crippen molar-refractivity contribution >= 4 is 11.8 Å². The van der Waals surface area contributed by atoms with Crippen molar-refractivity contribution in [2.24, 2.45) is 0 Å². The number of amides is 2. The van der Waals surface area contributed by atoms with Crippen molar-refractivity contribution in [3.63, 3.8) is 0 Å². The van der Waals surface area contributed by atoms with Crippen LogP contribution in [0.2, 0.25) is 0 Å². The van der Waals surface area contributed by atoms with Gasteiger partial charge in [0.15, 0.2) is 0 Å². The van der Waals surface area contributed by atoms with Crippen LogP contribution >= 0.6 is 0 Å². The molecule has 1 aromatic heterocycles. The zero-order chi connectivity index (χ0) is 16.8. The molecule has 0 atom stereocenters. The van der Waals surface area contributed by atoms with Gasteiger partial charge in [-0.15, -0.1) is 0 Å².